The quantitative estimate of drug-likeness (QED) is 0.598. The van der Waals surface area contributed by atoms with Crippen LogP contribution >= 0.6 is 0 Å². The van der Waals surface area contributed by atoms with Gasteiger partial charge in [-0.3, -0.25) is 4.55 Å². The summed E-state index contributed by atoms with van der Waals surface area (Å²) < 4.78 is 37.0. The van der Waals surface area contributed by atoms with Gasteiger partial charge in [0.1, 0.15) is 0 Å². The van der Waals surface area contributed by atoms with Crippen LogP contribution in [-0.2, 0) is 15.0 Å². The van der Waals surface area contributed by atoms with Crippen molar-refractivity contribution >= 4 is 10.3 Å². The molecule has 3 N–H and O–H groups in total. The van der Waals surface area contributed by atoms with Crippen molar-refractivity contribution in [2.75, 3.05) is 0 Å². The van der Waals surface area contributed by atoms with Gasteiger partial charge in [-0.25, -0.2) is 0 Å². The fraction of sp³-hybridized carbons (Fsp3) is 1.00. The SMILES string of the molecule is CCC1CC(C)C(NS(=O)(=O)O)C(O)O1. The molecule has 4 atom stereocenters. The molecule has 6 nitrogen and oxygen atoms in total. The molecule has 0 aliphatic carbocycles. The predicted octanol–water partition coefficient (Wildman–Crippen LogP) is -0.0992. The largest absolute Gasteiger partial charge is 0.367 e. The molecule has 4 unspecified atom stereocenters. The minimum absolute atomic E-state index is 0.0607. The molecule has 1 aliphatic rings. The van der Waals surface area contributed by atoms with E-state index in [1.165, 1.54) is 0 Å². The molecule has 0 amide bonds. The van der Waals surface area contributed by atoms with Gasteiger partial charge in [0.25, 0.3) is 0 Å². The van der Waals surface area contributed by atoms with Crippen molar-refractivity contribution in [1.29, 1.82) is 0 Å². The van der Waals surface area contributed by atoms with E-state index in [0.717, 1.165) is 6.42 Å². The highest BCUT2D eigenvalue weighted by atomic mass is 32.2. The Morgan fingerprint density at radius 1 is 1.53 bits per heavy atom. The molecule has 1 fully saturated rings. The second kappa shape index (κ2) is 4.75. The van der Waals surface area contributed by atoms with E-state index in [0.29, 0.717) is 6.42 Å². The summed E-state index contributed by atoms with van der Waals surface area (Å²) >= 11 is 0. The van der Waals surface area contributed by atoms with Crippen LogP contribution in [0.5, 0.6) is 0 Å². The van der Waals surface area contributed by atoms with Crippen LogP contribution in [0.15, 0.2) is 0 Å². The van der Waals surface area contributed by atoms with Crippen LogP contribution in [0.3, 0.4) is 0 Å². The first-order valence-electron chi connectivity index (χ1n) is 4.91. The monoisotopic (exact) mass is 239 g/mol. The standard InChI is InChI=1S/C8H17NO5S/c1-3-6-4-5(2)7(8(10)14-6)9-15(11,12)13/h5-10H,3-4H2,1-2H3,(H,11,12,13). The van der Waals surface area contributed by atoms with Crippen molar-refractivity contribution in [2.45, 2.75) is 45.1 Å². The highest BCUT2D eigenvalue weighted by Crippen LogP contribution is 2.25. The highest BCUT2D eigenvalue weighted by Gasteiger charge is 2.36. The molecule has 0 saturated carbocycles. The number of hydrogen-bond acceptors (Lipinski definition) is 4. The van der Waals surface area contributed by atoms with Gasteiger partial charge in [0.05, 0.1) is 12.1 Å². The first-order valence-corrected chi connectivity index (χ1v) is 6.35. The minimum atomic E-state index is -4.30. The number of aliphatic hydroxyl groups excluding tert-OH is 1. The van der Waals surface area contributed by atoms with Crippen LogP contribution in [0.25, 0.3) is 0 Å². The van der Waals surface area contributed by atoms with Gasteiger partial charge in [0.2, 0.25) is 0 Å². The van der Waals surface area contributed by atoms with E-state index in [1.807, 2.05) is 11.6 Å². The average molecular weight is 239 g/mol. The third kappa shape index (κ3) is 3.69. The maximum absolute atomic E-state index is 10.6. The lowest BCUT2D eigenvalue weighted by Crippen LogP contribution is -2.53. The molecule has 1 saturated heterocycles. The lowest BCUT2D eigenvalue weighted by atomic mass is 9.91. The molecular formula is C8H17NO5S. The summed E-state index contributed by atoms with van der Waals surface area (Å²) in [5.41, 5.74) is 0. The normalized spacial score (nSPS) is 37.9. The van der Waals surface area contributed by atoms with Crippen LogP contribution < -0.4 is 4.72 Å². The van der Waals surface area contributed by atoms with Crippen LogP contribution in [-0.4, -0.2) is 36.5 Å². The Morgan fingerprint density at radius 2 is 2.13 bits per heavy atom. The summed E-state index contributed by atoms with van der Waals surface area (Å²) in [7, 11) is -4.30. The van der Waals surface area contributed by atoms with E-state index in [-0.39, 0.29) is 12.0 Å². The average Bonchev–Trinajstić information content (AvgIpc) is 2.09. The van der Waals surface area contributed by atoms with Crippen LogP contribution in [0.1, 0.15) is 26.7 Å². The van der Waals surface area contributed by atoms with Crippen molar-refractivity contribution in [1.82, 2.24) is 4.72 Å². The zero-order valence-electron chi connectivity index (χ0n) is 8.75. The molecule has 0 aromatic carbocycles. The third-order valence-electron chi connectivity index (χ3n) is 2.63. The van der Waals surface area contributed by atoms with Gasteiger partial charge in [-0.2, -0.15) is 13.1 Å². The van der Waals surface area contributed by atoms with Gasteiger partial charge in [-0.1, -0.05) is 13.8 Å². The van der Waals surface area contributed by atoms with Gasteiger partial charge in [0, 0.05) is 0 Å². The number of aliphatic hydroxyl groups is 1. The van der Waals surface area contributed by atoms with E-state index in [4.69, 9.17) is 9.29 Å². The maximum atomic E-state index is 10.6. The van der Waals surface area contributed by atoms with Gasteiger partial charge in [-0.05, 0) is 18.8 Å². The van der Waals surface area contributed by atoms with E-state index in [9.17, 15) is 13.5 Å². The lowest BCUT2D eigenvalue weighted by Gasteiger charge is -2.37. The van der Waals surface area contributed by atoms with E-state index in [1.54, 1.807) is 6.92 Å². The number of rotatable bonds is 3. The van der Waals surface area contributed by atoms with E-state index >= 15 is 0 Å². The second-order valence-corrected chi connectivity index (χ2v) is 5.07. The Balaban J connectivity index is 2.66. The Kier molecular flexibility index (Phi) is 4.07. The summed E-state index contributed by atoms with van der Waals surface area (Å²) in [6.07, 6.45) is 0.149. The molecule has 0 aromatic heterocycles. The first kappa shape index (κ1) is 12.9. The van der Waals surface area contributed by atoms with Gasteiger partial charge in [-0.15, -0.1) is 0 Å². The Labute approximate surface area is 89.5 Å². The highest BCUT2D eigenvalue weighted by molar-refractivity contribution is 7.83. The smallest absolute Gasteiger partial charge is 0.333 e. The molecule has 0 spiro atoms. The molecule has 0 radical (unpaired) electrons. The van der Waals surface area contributed by atoms with Crippen molar-refractivity contribution in [3.63, 3.8) is 0 Å². The summed E-state index contributed by atoms with van der Waals surface area (Å²) in [5, 5.41) is 9.54. The zero-order valence-corrected chi connectivity index (χ0v) is 9.57. The zero-order chi connectivity index (χ0) is 11.6. The summed E-state index contributed by atoms with van der Waals surface area (Å²) in [6.45, 7) is 3.73. The number of hydrogen-bond donors (Lipinski definition) is 3. The van der Waals surface area contributed by atoms with Crippen LogP contribution in [0, 0.1) is 5.92 Å². The van der Waals surface area contributed by atoms with E-state index < -0.39 is 22.6 Å². The van der Waals surface area contributed by atoms with Crippen molar-refractivity contribution in [3.05, 3.63) is 0 Å². The fourth-order valence-electron chi connectivity index (χ4n) is 1.79. The Hall–Kier alpha value is -0.210. The van der Waals surface area contributed by atoms with Gasteiger partial charge >= 0.3 is 10.3 Å². The number of ether oxygens (including phenoxy) is 1. The third-order valence-corrected chi connectivity index (χ3v) is 3.20. The molecule has 15 heavy (non-hydrogen) atoms. The molecule has 90 valence electrons. The molecule has 1 rings (SSSR count). The number of nitrogens with one attached hydrogen (secondary N) is 1. The lowest BCUT2D eigenvalue weighted by molar-refractivity contribution is -0.189. The Bertz CT molecular complexity index is 292. The van der Waals surface area contributed by atoms with E-state index in [2.05, 4.69) is 0 Å². The van der Waals surface area contributed by atoms with Gasteiger partial charge < -0.3 is 9.84 Å². The second-order valence-electron chi connectivity index (χ2n) is 3.89. The van der Waals surface area contributed by atoms with Gasteiger partial charge in [0.15, 0.2) is 6.29 Å². The minimum Gasteiger partial charge on any atom is -0.367 e. The molecule has 0 bridgehead atoms. The van der Waals surface area contributed by atoms with Crippen LogP contribution in [0.4, 0.5) is 0 Å². The molecule has 1 heterocycles. The van der Waals surface area contributed by atoms with Crippen molar-refractivity contribution in [3.8, 4) is 0 Å². The first-order chi connectivity index (χ1) is 6.83. The predicted molar refractivity (Wildman–Crippen MR) is 53.4 cm³/mol. The molecule has 7 heteroatoms. The topological polar surface area (TPSA) is 95.9 Å². The molecule has 0 aromatic rings. The summed E-state index contributed by atoms with van der Waals surface area (Å²) in [4.78, 5) is 0. The molecular weight excluding hydrogens is 222 g/mol. The summed E-state index contributed by atoms with van der Waals surface area (Å²) in [6, 6.07) is -0.789. The maximum Gasteiger partial charge on any atom is 0.333 e. The summed E-state index contributed by atoms with van der Waals surface area (Å²) in [5.74, 6) is -0.0828. The van der Waals surface area contributed by atoms with Crippen molar-refractivity contribution in [2.24, 2.45) is 5.92 Å². The molecule has 1 aliphatic heterocycles. The fourth-order valence-corrected chi connectivity index (χ4v) is 2.48. The van der Waals surface area contributed by atoms with Crippen molar-refractivity contribution < 1.29 is 22.8 Å². The Morgan fingerprint density at radius 3 is 2.53 bits per heavy atom. The van der Waals surface area contributed by atoms with Crippen LogP contribution in [0.2, 0.25) is 0 Å².